The van der Waals surface area contributed by atoms with Gasteiger partial charge in [0, 0.05) is 18.0 Å². The molecule has 6 rings (SSSR count). The maximum absolute atomic E-state index is 6.51. The molecule has 0 aromatic heterocycles. The molecule has 0 aliphatic carbocycles. The van der Waals surface area contributed by atoms with Gasteiger partial charge in [-0.05, 0) is 0 Å². The second kappa shape index (κ2) is 8.24. The Bertz CT molecular complexity index is 1160. The summed E-state index contributed by atoms with van der Waals surface area (Å²) < 4.78 is 23.8. The first kappa shape index (κ1) is 19.9. The van der Waals surface area contributed by atoms with Gasteiger partial charge in [0.2, 0.25) is 0 Å². The first-order valence-electron chi connectivity index (χ1n) is 9.37. The van der Waals surface area contributed by atoms with Gasteiger partial charge >= 0.3 is 183 Å². The summed E-state index contributed by atoms with van der Waals surface area (Å²) in [4.78, 5) is 0. The van der Waals surface area contributed by atoms with Crippen molar-refractivity contribution in [1.29, 1.82) is 0 Å². The fraction of sp³-hybridized carbons (Fsp3) is 0. The standard InChI is InChI=1S/C24H16As2O3.As/c1-3-9-17-15(7-1)25-23-19(27-17)11-5-13-21(23)29-22-14-6-12-20-24(22)26-16-8-2-4-10-18(16)28-20;/h1-14,25-26H;. The molecule has 2 atom stereocenters. The van der Waals surface area contributed by atoms with E-state index in [9.17, 15) is 0 Å². The Balaban J connectivity index is 0.00000193. The predicted molar refractivity (Wildman–Crippen MR) is 125 cm³/mol. The first-order chi connectivity index (χ1) is 14.3. The van der Waals surface area contributed by atoms with Crippen LogP contribution in [0, 0.1) is 0 Å². The van der Waals surface area contributed by atoms with Crippen molar-refractivity contribution in [1.82, 2.24) is 0 Å². The van der Waals surface area contributed by atoms with Gasteiger partial charge in [-0.15, -0.1) is 0 Å². The maximum atomic E-state index is 6.51. The van der Waals surface area contributed by atoms with E-state index >= 15 is 0 Å². The predicted octanol–water partition coefficient (Wildman–Crippen LogP) is 2.08. The third-order valence-electron chi connectivity index (χ3n) is 4.93. The van der Waals surface area contributed by atoms with E-state index in [1.54, 1.807) is 0 Å². The fourth-order valence-electron chi connectivity index (χ4n) is 3.55. The molecular weight excluding hydrogens is 561 g/mol. The summed E-state index contributed by atoms with van der Waals surface area (Å²) in [6.45, 7) is 0. The summed E-state index contributed by atoms with van der Waals surface area (Å²) in [6, 6.07) is 28.8. The first-order valence-corrected chi connectivity index (χ1v) is 13.6. The van der Waals surface area contributed by atoms with Gasteiger partial charge in [0.1, 0.15) is 0 Å². The molecule has 0 fully saturated rings. The Morgan fingerprint density at radius 2 is 0.933 bits per heavy atom. The van der Waals surface area contributed by atoms with Gasteiger partial charge in [0.05, 0.1) is 0 Å². The average molecular weight is 577 g/mol. The number of benzene rings is 4. The van der Waals surface area contributed by atoms with Gasteiger partial charge in [0.15, 0.2) is 0 Å². The summed E-state index contributed by atoms with van der Waals surface area (Å²) in [7, 11) is 0. The van der Waals surface area contributed by atoms with Crippen molar-refractivity contribution >= 4 is 66.9 Å². The molecule has 0 saturated heterocycles. The zero-order valence-corrected chi connectivity index (χ0v) is 21.8. The SMILES string of the molecule is [As].c1ccc2c(c1)Oc1cccc(Oc3cccc4c3[AsH]c3ccccc3O4)c1[AsH]2. The van der Waals surface area contributed by atoms with E-state index < -0.39 is 31.5 Å². The zero-order chi connectivity index (χ0) is 19.2. The van der Waals surface area contributed by atoms with E-state index in [2.05, 4.69) is 36.4 Å². The number of para-hydroxylation sites is 2. The van der Waals surface area contributed by atoms with Gasteiger partial charge in [-0.2, -0.15) is 0 Å². The van der Waals surface area contributed by atoms with Crippen LogP contribution in [0.15, 0.2) is 84.9 Å². The Kier molecular flexibility index (Phi) is 5.46. The van der Waals surface area contributed by atoms with Crippen molar-refractivity contribution in [3.8, 4) is 34.5 Å². The van der Waals surface area contributed by atoms with Gasteiger partial charge in [-0.3, -0.25) is 0 Å². The van der Waals surface area contributed by atoms with Gasteiger partial charge < -0.3 is 0 Å². The van der Waals surface area contributed by atoms with Crippen LogP contribution in [0.3, 0.4) is 0 Å². The molecule has 0 amide bonds. The summed E-state index contributed by atoms with van der Waals surface area (Å²) in [5.74, 6) is 5.59. The second-order valence-electron chi connectivity index (χ2n) is 6.81. The molecule has 0 saturated carbocycles. The van der Waals surface area contributed by atoms with E-state index in [4.69, 9.17) is 14.2 Å². The summed E-state index contributed by atoms with van der Waals surface area (Å²) in [5.41, 5.74) is 0. The van der Waals surface area contributed by atoms with Gasteiger partial charge in [0.25, 0.3) is 0 Å². The second-order valence-corrected chi connectivity index (χ2v) is 12.2. The summed E-state index contributed by atoms with van der Waals surface area (Å²) in [6.07, 6.45) is 0. The van der Waals surface area contributed by atoms with E-state index in [0.29, 0.717) is 0 Å². The third kappa shape index (κ3) is 3.50. The quantitative estimate of drug-likeness (QED) is 0.296. The van der Waals surface area contributed by atoms with Crippen molar-refractivity contribution in [3.05, 3.63) is 84.9 Å². The van der Waals surface area contributed by atoms with Crippen molar-refractivity contribution in [2.75, 3.05) is 0 Å². The van der Waals surface area contributed by atoms with Gasteiger partial charge in [-0.25, -0.2) is 0 Å². The van der Waals surface area contributed by atoms with Crippen LogP contribution in [0.4, 0.5) is 0 Å². The van der Waals surface area contributed by atoms with E-state index in [1.807, 2.05) is 48.5 Å². The van der Waals surface area contributed by atoms with Crippen LogP contribution >= 0.6 is 0 Å². The van der Waals surface area contributed by atoms with Crippen molar-refractivity contribution in [2.24, 2.45) is 0 Å². The Morgan fingerprint density at radius 3 is 1.43 bits per heavy atom. The molecule has 3 nitrogen and oxygen atoms in total. The molecule has 30 heavy (non-hydrogen) atoms. The van der Waals surface area contributed by atoms with Crippen molar-refractivity contribution < 1.29 is 14.2 Å². The summed E-state index contributed by atoms with van der Waals surface area (Å²) in [5, 5.41) is 0. The molecule has 4 aromatic carbocycles. The van der Waals surface area contributed by atoms with E-state index in [1.165, 1.54) is 17.4 Å². The molecule has 2 heterocycles. The number of rotatable bonds is 2. The Morgan fingerprint density at radius 1 is 0.500 bits per heavy atom. The van der Waals surface area contributed by atoms with Crippen LogP contribution in [-0.2, 0) is 0 Å². The minimum atomic E-state index is -0.530. The van der Waals surface area contributed by atoms with Crippen LogP contribution in [0.1, 0.15) is 0 Å². The zero-order valence-electron chi connectivity index (χ0n) is 15.8. The van der Waals surface area contributed by atoms with Crippen LogP contribution in [0.5, 0.6) is 34.5 Å². The molecule has 3 radical (unpaired) electrons. The van der Waals surface area contributed by atoms with E-state index in [0.717, 1.165) is 34.5 Å². The molecule has 0 N–H and O–H groups in total. The van der Waals surface area contributed by atoms with Crippen LogP contribution in [-0.4, -0.2) is 49.5 Å². The minimum absolute atomic E-state index is 0. The molecule has 2 unspecified atom stereocenters. The molecule has 4 aromatic rings. The van der Waals surface area contributed by atoms with Crippen LogP contribution in [0.2, 0.25) is 0 Å². The van der Waals surface area contributed by atoms with E-state index in [-0.39, 0.29) is 18.0 Å². The Labute approximate surface area is 199 Å². The fourth-order valence-corrected chi connectivity index (χ4v) is 8.68. The molecule has 0 spiro atoms. The third-order valence-corrected chi connectivity index (χ3v) is 10.9. The van der Waals surface area contributed by atoms with Crippen molar-refractivity contribution in [2.45, 2.75) is 0 Å². The number of fused-ring (bicyclic) bond motifs is 4. The average Bonchev–Trinajstić information content (AvgIpc) is 2.77. The molecule has 0 bridgehead atoms. The molecule has 2 aliphatic rings. The molecule has 2 aliphatic heterocycles. The van der Waals surface area contributed by atoms with Crippen molar-refractivity contribution in [3.63, 3.8) is 0 Å². The number of hydrogen-bond acceptors (Lipinski definition) is 3. The Hall–Kier alpha value is -2.04. The monoisotopic (exact) mass is 577 g/mol. The van der Waals surface area contributed by atoms with Crippen LogP contribution < -0.4 is 31.6 Å². The number of ether oxygens (including phenoxy) is 3. The van der Waals surface area contributed by atoms with Gasteiger partial charge in [-0.1, -0.05) is 0 Å². The summed E-state index contributed by atoms with van der Waals surface area (Å²) >= 11 is -1.06. The van der Waals surface area contributed by atoms with Crippen LogP contribution in [0.25, 0.3) is 0 Å². The molecule has 6 heteroatoms. The molecular formula is C24H16As3O3. The number of hydrogen-bond donors (Lipinski definition) is 0. The molecule has 145 valence electrons. The normalized spacial score (nSPS) is 14.3. The topological polar surface area (TPSA) is 27.7 Å².